The maximum atomic E-state index is 12.1. The van der Waals surface area contributed by atoms with Gasteiger partial charge < -0.3 is 10.6 Å². The molecule has 25 heavy (non-hydrogen) atoms. The Morgan fingerprint density at radius 1 is 1.24 bits per heavy atom. The van der Waals surface area contributed by atoms with E-state index in [-0.39, 0.29) is 16.2 Å². The lowest BCUT2D eigenvalue weighted by Crippen LogP contribution is -2.14. The summed E-state index contributed by atoms with van der Waals surface area (Å²) in [5, 5.41) is 14.3. The molecule has 0 aliphatic carbocycles. The highest BCUT2D eigenvalue weighted by atomic mass is 79.9. The number of nitriles is 1. The van der Waals surface area contributed by atoms with Gasteiger partial charge in [-0.15, -0.1) is 0 Å². The van der Waals surface area contributed by atoms with Gasteiger partial charge >= 0.3 is 0 Å². The minimum Gasteiger partial charge on any atom is -0.345 e. The zero-order valence-corrected chi connectivity index (χ0v) is 14.9. The van der Waals surface area contributed by atoms with E-state index in [2.05, 4.69) is 31.5 Å². The fourth-order valence-corrected chi connectivity index (χ4v) is 2.38. The Morgan fingerprint density at radius 2 is 1.92 bits per heavy atom. The van der Waals surface area contributed by atoms with Crippen LogP contribution in [-0.4, -0.2) is 23.9 Å². The number of pyridine rings is 1. The molecule has 8 nitrogen and oxygen atoms in total. The molecule has 0 aliphatic rings. The number of benzene rings is 1. The first-order valence-electron chi connectivity index (χ1n) is 6.67. The number of halogens is 1. The van der Waals surface area contributed by atoms with Gasteiger partial charge in [0.2, 0.25) is 0 Å². The molecular formula is C15H11BrN4O4S. The van der Waals surface area contributed by atoms with Crippen molar-refractivity contribution in [3.8, 4) is 6.07 Å². The lowest BCUT2D eigenvalue weighted by atomic mass is 10.2. The van der Waals surface area contributed by atoms with Gasteiger partial charge in [-0.05, 0) is 52.3 Å². The van der Waals surface area contributed by atoms with Gasteiger partial charge in [0.25, 0.3) is 16.0 Å². The van der Waals surface area contributed by atoms with Crippen LogP contribution in [0.25, 0.3) is 0 Å². The van der Waals surface area contributed by atoms with Gasteiger partial charge in [-0.2, -0.15) is 13.7 Å². The highest BCUT2D eigenvalue weighted by Crippen LogP contribution is 2.15. The quantitative estimate of drug-likeness (QED) is 0.383. The highest BCUT2D eigenvalue weighted by molar-refractivity contribution is 9.10. The van der Waals surface area contributed by atoms with Crippen molar-refractivity contribution in [3.05, 3.63) is 58.8 Å². The molecule has 0 atom stereocenters. The van der Waals surface area contributed by atoms with Gasteiger partial charge in [-0.25, -0.2) is 4.98 Å². The summed E-state index contributed by atoms with van der Waals surface area (Å²) in [7, 11) is -4.31. The van der Waals surface area contributed by atoms with Crippen molar-refractivity contribution < 1.29 is 17.8 Å². The number of hydrogen-bond acceptors (Lipinski definition) is 6. The van der Waals surface area contributed by atoms with E-state index >= 15 is 0 Å². The van der Waals surface area contributed by atoms with Crippen molar-refractivity contribution in [2.45, 2.75) is 4.90 Å². The van der Waals surface area contributed by atoms with Crippen LogP contribution < -0.4 is 10.6 Å². The van der Waals surface area contributed by atoms with Crippen LogP contribution in [0.2, 0.25) is 0 Å². The van der Waals surface area contributed by atoms with Crippen LogP contribution in [0.15, 0.2) is 63.7 Å². The number of carbonyl (C=O) groups excluding carboxylic acids is 1. The van der Waals surface area contributed by atoms with E-state index in [9.17, 15) is 13.2 Å². The van der Waals surface area contributed by atoms with Gasteiger partial charge in [-0.3, -0.25) is 9.35 Å². The second-order valence-electron chi connectivity index (χ2n) is 4.63. The minimum atomic E-state index is -4.31. The second-order valence-corrected chi connectivity index (χ2v) is 6.97. The SMILES string of the molecule is N#C/C(=C/Nc1ccc(Br)cn1)C(=O)Nc1ccc(S(=O)(=O)O)cc1. The lowest BCUT2D eigenvalue weighted by molar-refractivity contribution is -0.112. The molecule has 3 N–H and O–H groups in total. The molecule has 1 heterocycles. The predicted molar refractivity (Wildman–Crippen MR) is 94.1 cm³/mol. The van der Waals surface area contributed by atoms with Gasteiger partial charge in [0.15, 0.2) is 0 Å². The standard InChI is InChI=1S/C15H11BrN4O4S/c16-11-1-6-14(19-9-11)18-8-10(7-17)15(21)20-12-2-4-13(5-3-12)25(22,23)24/h1-6,8-9H,(H,18,19)(H,20,21)(H,22,23,24)/b10-8-. The third-order valence-electron chi connectivity index (χ3n) is 2.87. The Kier molecular flexibility index (Phi) is 5.87. The number of nitrogens with one attached hydrogen (secondary N) is 2. The van der Waals surface area contributed by atoms with Crippen molar-refractivity contribution in [3.63, 3.8) is 0 Å². The maximum absolute atomic E-state index is 12.1. The topological polar surface area (TPSA) is 132 Å². The molecule has 0 spiro atoms. The van der Waals surface area contributed by atoms with Crippen LogP contribution >= 0.6 is 15.9 Å². The molecule has 1 amide bonds. The molecule has 0 saturated carbocycles. The third kappa shape index (κ3) is 5.39. The number of carbonyl (C=O) groups is 1. The van der Waals surface area contributed by atoms with Crippen molar-refractivity contribution in [1.29, 1.82) is 5.26 Å². The van der Waals surface area contributed by atoms with E-state index in [4.69, 9.17) is 9.81 Å². The largest absolute Gasteiger partial charge is 0.345 e. The van der Waals surface area contributed by atoms with Crippen molar-refractivity contribution in [2.75, 3.05) is 10.6 Å². The Morgan fingerprint density at radius 3 is 2.44 bits per heavy atom. The molecule has 2 aromatic rings. The second kappa shape index (κ2) is 7.89. The van der Waals surface area contributed by atoms with Gasteiger partial charge in [0.05, 0.1) is 4.90 Å². The van der Waals surface area contributed by atoms with Gasteiger partial charge in [-0.1, -0.05) is 0 Å². The zero-order valence-electron chi connectivity index (χ0n) is 12.5. The molecule has 1 aromatic carbocycles. The molecule has 0 fully saturated rings. The number of anilines is 2. The van der Waals surface area contributed by atoms with Crippen LogP contribution in [0.1, 0.15) is 0 Å². The summed E-state index contributed by atoms with van der Waals surface area (Å²) in [6.45, 7) is 0. The summed E-state index contributed by atoms with van der Waals surface area (Å²) >= 11 is 3.24. The summed E-state index contributed by atoms with van der Waals surface area (Å²) in [6, 6.07) is 9.99. The first kappa shape index (κ1) is 18.6. The van der Waals surface area contributed by atoms with Crippen LogP contribution in [0, 0.1) is 11.3 Å². The van der Waals surface area contributed by atoms with Gasteiger partial charge in [0, 0.05) is 22.6 Å². The Bertz CT molecular complexity index is 949. The number of nitrogens with zero attached hydrogens (tertiary/aromatic N) is 2. The lowest BCUT2D eigenvalue weighted by Gasteiger charge is -2.05. The normalized spacial score (nSPS) is 11.5. The van der Waals surface area contributed by atoms with E-state index in [1.165, 1.54) is 18.3 Å². The molecule has 0 saturated heterocycles. The number of rotatable bonds is 5. The Balaban J connectivity index is 2.08. The molecule has 0 bridgehead atoms. The van der Waals surface area contributed by atoms with E-state index in [0.29, 0.717) is 5.82 Å². The zero-order chi connectivity index (χ0) is 18.4. The fraction of sp³-hybridized carbons (Fsp3) is 0. The molecule has 0 aliphatic heterocycles. The first-order chi connectivity index (χ1) is 11.8. The van der Waals surface area contributed by atoms with Crippen molar-refractivity contribution in [1.82, 2.24) is 4.98 Å². The van der Waals surface area contributed by atoms with Crippen molar-refractivity contribution >= 4 is 43.5 Å². The van der Waals surface area contributed by atoms with Crippen LogP contribution in [-0.2, 0) is 14.9 Å². The van der Waals surface area contributed by atoms with E-state index in [1.807, 2.05) is 0 Å². The minimum absolute atomic E-state index is 0.205. The predicted octanol–water partition coefficient (Wildman–Crippen LogP) is 2.55. The van der Waals surface area contributed by atoms with Crippen LogP contribution in [0.3, 0.4) is 0 Å². The maximum Gasteiger partial charge on any atom is 0.294 e. The monoisotopic (exact) mass is 422 g/mol. The molecule has 0 radical (unpaired) electrons. The van der Waals surface area contributed by atoms with Gasteiger partial charge in [0.1, 0.15) is 17.5 Å². The number of amides is 1. The van der Waals surface area contributed by atoms with Crippen LogP contribution in [0.5, 0.6) is 0 Å². The molecule has 0 unspecified atom stereocenters. The highest BCUT2D eigenvalue weighted by Gasteiger charge is 2.12. The molecule has 2 rings (SSSR count). The summed E-state index contributed by atoms with van der Waals surface area (Å²) in [4.78, 5) is 15.8. The average molecular weight is 423 g/mol. The van der Waals surface area contributed by atoms with E-state index in [1.54, 1.807) is 24.4 Å². The number of aromatic nitrogens is 1. The van der Waals surface area contributed by atoms with E-state index in [0.717, 1.165) is 16.6 Å². The Hall–Kier alpha value is -2.74. The van der Waals surface area contributed by atoms with E-state index < -0.39 is 16.0 Å². The van der Waals surface area contributed by atoms with Crippen molar-refractivity contribution in [2.24, 2.45) is 0 Å². The average Bonchev–Trinajstić information content (AvgIpc) is 2.56. The van der Waals surface area contributed by atoms with Crippen LogP contribution in [0.4, 0.5) is 11.5 Å². The third-order valence-corrected chi connectivity index (χ3v) is 4.20. The summed E-state index contributed by atoms with van der Waals surface area (Å²) in [5.74, 6) is -0.243. The summed E-state index contributed by atoms with van der Waals surface area (Å²) < 4.78 is 31.6. The smallest absolute Gasteiger partial charge is 0.294 e. The molecule has 128 valence electrons. The molecular weight excluding hydrogens is 412 g/mol. The fourth-order valence-electron chi connectivity index (χ4n) is 1.66. The first-order valence-corrected chi connectivity index (χ1v) is 8.90. The molecule has 10 heteroatoms. The summed E-state index contributed by atoms with van der Waals surface area (Å²) in [6.07, 6.45) is 2.76. The summed E-state index contributed by atoms with van der Waals surface area (Å²) in [5.41, 5.74) is 0.0592. The number of hydrogen-bond donors (Lipinski definition) is 3. The molecule has 1 aromatic heterocycles. The Labute approximate surface area is 152 Å².